The Morgan fingerprint density at radius 3 is 2.17 bits per heavy atom. The van der Waals surface area contributed by atoms with E-state index in [0.29, 0.717) is 19.7 Å². The molecular weight excluding hydrogens is 175 g/mol. The summed E-state index contributed by atoms with van der Waals surface area (Å²) in [6.07, 6.45) is 0. The summed E-state index contributed by atoms with van der Waals surface area (Å²) >= 11 is 0. The zero-order valence-corrected chi connectivity index (χ0v) is 8.67. The van der Waals surface area contributed by atoms with Crippen LogP contribution in [0.1, 0.15) is 20.8 Å². The molecule has 0 radical (unpaired) electrons. The van der Waals surface area contributed by atoms with Gasteiger partial charge in [-0.2, -0.15) is 5.26 Å². The van der Waals surface area contributed by atoms with Crippen LogP contribution in [-0.4, -0.2) is 24.4 Å². The first-order valence-corrected chi connectivity index (χ1v) is 5.63. The molecule has 4 nitrogen and oxygen atoms in total. The Labute approximate surface area is 73.6 Å². The zero-order chi connectivity index (χ0) is 9.61. The standard InChI is InChI=1S/C7H15N2O2P/c1-4-9(5-2)12(10,7-8)11-6-3/h4-6H2,1-3H3. The summed E-state index contributed by atoms with van der Waals surface area (Å²) in [5, 5.41) is 8.67. The Hall–Kier alpha value is -0.360. The molecule has 0 aromatic rings. The van der Waals surface area contributed by atoms with E-state index in [2.05, 4.69) is 0 Å². The van der Waals surface area contributed by atoms with Gasteiger partial charge in [0.2, 0.25) is 0 Å². The molecule has 0 spiro atoms. The van der Waals surface area contributed by atoms with E-state index >= 15 is 0 Å². The highest BCUT2D eigenvalue weighted by molar-refractivity contribution is 7.61. The third-order valence-electron chi connectivity index (χ3n) is 1.53. The van der Waals surface area contributed by atoms with Gasteiger partial charge in [0, 0.05) is 13.1 Å². The van der Waals surface area contributed by atoms with Gasteiger partial charge in [-0.15, -0.1) is 0 Å². The third kappa shape index (κ3) is 2.60. The Morgan fingerprint density at radius 1 is 1.42 bits per heavy atom. The van der Waals surface area contributed by atoms with E-state index < -0.39 is 7.52 Å². The number of hydrogen-bond donors (Lipinski definition) is 0. The molecule has 0 aliphatic rings. The van der Waals surface area contributed by atoms with Crippen LogP contribution in [0, 0.1) is 11.1 Å². The molecule has 0 aliphatic heterocycles. The molecule has 0 heterocycles. The maximum absolute atomic E-state index is 11.7. The monoisotopic (exact) mass is 190 g/mol. The summed E-state index contributed by atoms with van der Waals surface area (Å²) in [5.41, 5.74) is 0. The molecule has 0 bridgehead atoms. The van der Waals surface area contributed by atoms with Crippen molar-refractivity contribution in [1.82, 2.24) is 4.67 Å². The molecule has 12 heavy (non-hydrogen) atoms. The smallest absolute Gasteiger partial charge is 0.307 e. The van der Waals surface area contributed by atoms with Crippen molar-refractivity contribution in [3.63, 3.8) is 0 Å². The molecule has 5 heteroatoms. The van der Waals surface area contributed by atoms with E-state index in [4.69, 9.17) is 9.79 Å². The maximum Gasteiger partial charge on any atom is 0.371 e. The van der Waals surface area contributed by atoms with E-state index in [-0.39, 0.29) is 0 Å². The summed E-state index contributed by atoms with van der Waals surface area (Å²) in [4.78, 5) is 0. The van der Waals surface area contributed by atoms with Crippen LogP contribution in [0.5, 0.6) is 0 Å². The minimum absolute atomic E-state index is 0.307. The number of hydrogen-bond acceptors (Lipinski definition) is 3. The third-order valence-corrected chi connectivity index (χ3v) is 3.70. The molecule has 0 saturated heterocycles. The second-order valence-electron chi connectivity index (χ2n) is 2.18. The molecule has 0 aliphatic carbocycles. The van der Waals surface area contributed by atoms with Gasteiger partial charge in [-0.3, -0.25) is 4.57 Å². The second kappa shape index (κ2) is 5.31. The molecule has 0 N–H and O–H groups in total. The predicted octanol–water partition coefficient (Wildman–Crippen LogP) is 2.04. The number of rotatable bonds is 5. The lowest BCUT2D eigenvalue weighted by atomic mass is 10.7. The Bertz CT molecular complexity index is 208. The predicted molar refractivity (Wildman–Crippen MR) is 47.8 cm³/mol. The van der Waals surface area contributed by atoms with Crippen LogP contribution in [0.3, 0.4) is 0 Å². The van der Waals surface area contributed by atoms with Crippen molar-refractivity contribution in [2.24, 2.45) is 0 Å². The van der Waals surface area contributed by atoms with Gasteiger partial charge < -0.3 is 4.52 Å². The lowest BCUT2D eigenvalue weighted by Gasteiger charge is -2.22. The maximum atomic E-state index is 11.7. The van der Waals surface area contributed by atoms with E-state index in [0.717, 1.165) is 0 Å². The second-order valence-corrected chi connectivity index (χ2v) is 4.24. The SMILES string of the molecule is CCOP(=O)(C#N)N(CC)CC. The first-order valence-electron chi connectivity index (χ1n) is 4.05. The van der Waals surface area contributed by atoms with Gasteiger partial charge in [-0.25, -0.2) is 4.67 Å². The van der Waals surface area contributed by atoms with Crippen molar-refractivity contribution in [2.75, 3.05) is 19.7 Å². The average molecular weight is 190 g/mol. The highest BCUT2D eigenvalue weighted by Gasteiger charge is 2.28. The van der Waals surface area contributed by atoms with Crippen LogP contribution < -0.4 is 0 Å². The Balaban J connectivity index is 4.51. The normalized spacial score (nSPS) is 15.6. The van der Waals surface area contributed by atoms with Gasteiger partial charge in [0.25, 0.3) is 0 Å². The van der Waals surface area contributed by atoms with Crippen molar-refractivity contribution in [3.8, 4) is 5.81 Å². The van der Waals surface area contributed by atoms with Gasteiger partial charge in [0.05, 0.1) is 6.61 Å². The molecule has 1 atom stereocenters. The van der Waals surface area contributed by atoms with Crippen LogP contribution in [0.4, 0.5) is 0 Å². The topological polar surface area (TPSA) is 53.3 Å². The van der Waals surface area contributed by atoms with Crippen LogP contribution in [0.15, 0.2) is 0 Å². The summed E-state index contributed by atoms with van der Waals surface area (Å²) in [6, 6.07) is 0. The molecule has 0 rings (SSSR count). The summed E-state index contributed by atoms with van der Waals surface area (Å²) in [6.45, 7) is 6.89. The molecule has 0 amide bonds. The molecule has 1 unspecified atom stereocenters. The van der Waals surface area contributed by atoms with Crippen molar-refractivity contribution in [2.45, 2.75) is 20.8 Å². The van der Waals surface area contributed by atoms with Crippen LogP contribution in [0.25, 0.3) is 0 Å². The molecule has 0 aromatic heterocycles. The van der Waals surface area contributed by atoms with Crippen LogP contribution in [-0.2, 0) is 9.09 Å². The van der Waals surface area contributed by atoms with Gasteiger partial charge in [-0.05, 0) is 6.92 Å². The van der Waals surface area contributed by atoms with E-state index in [1.54, 1.807) is 17.4 Å². The minimum atomic E-state index is -3.17. The van der Waals surface area contributed by atoms with Crippen molar-refractivity contribution in [1.29, 1.82) is 5.26 Å². The first-order chi connectivity index (χ1) is 5.64. The lowest BCUT2D eigenvalue weighted by Crippen LogP contribution is -2.20. The highest BCUT2D eigenvalue weighted by atomic mass is 31.2. The molecule has 0 fully saturated rings. The zero-order valence-electron chi connectivity index (χ0n) is 7.78. The summed E-state index contributed by atoms with van der Waals surface area (Å²) in [5.74, 6) is 1.74. The van der Waals surface area contributed by atoms with Crippen LogP contribution in [0.2, 0.25) is 0 Å². The fourth-order valence-electron chi connectivity index (χ4n) is 0.945. The molecule has 0 aromatic carbocycles. The fourth-order valence-corrected chi connectivity index (χ4v) is 2.39. The Kier molecular flexibility index (Phi) is 5.16. The van der Waals surface area contributed by atoms with E-state index in [9.17, 15) is 4.57 Å². The first kappa shape index (κ1) is 11.6. The highest BCUT2D eigenvalue weighted by Crippen LogP contribution is 2.48. The van der Waals surface area contributed by atoms with E-state index in [1.165, 1.54) is 0 Å². The minimum Gasteiger partial charge on any atom is -0.307 e. The Morgan fingerprint density at radius 2 is 1.92 bits per heavy atom. The van der Waals surface area contributed by atoms with Gasteiger partial charge in [0.1, 0.15) is 0 Å². The van der Waals surface area contributed by atoms with Gasteiger partial charge in [0.15, 0.2) is 5.81 Å². The van der Waals surface area contributed by atoms with Crippen LogP contribution >= 0.6 is 7.52 Å². The van der Waals surface area contributed by atoms with Gasteiger partial charge >= 0.3 is 7.52 Å². The van der Waals surface area contributed by atoms with Gasteiger partial charge in [-0.1, -0.05) is 13.8 Å². The summed E-state index contributed by atoms with van der Waals surface area (Å²) < 4.78 is 18.2. The van der Waals surface area contributed by atoms with Crippen molar-refractivity contribution in [3.05, 3.63) is 0 Å². The molecular formula is C7H15N2O2P. The molecule has 0 saturated carbocycles. The van der Waals surface area contributed by atoms with Crippen molar-refractivity contribution < 1.29 is 9.09 Å². The van der Waals surface area contributed by atoms with Crippen molar-refractivity contribution >= 4 is 7.52 Å². The number of nitrogens with zero attached hydrogens (tertiary/aromatic N) is 2. The largest absolute Gasteiger partial charge is 0.371 e. The lowest BCUT2D eigenvalue weighted by molar-refractivity contribution is 0.287. The number of nitriles is 1. The quantitative estimate of drug-likeness (QED) is 0.622. The summed E-state index contributed by atoms with van der Waals surface area (Å²) in [7, 11) is -3.17. The fraction of sp³-hybridized carbons (Fsp3) is 0.857. The molecule has 70 valence electrons. The average Bonchev–Trinajstić information content (AvgIpc) is 2.07. The van der Waals surface area contributed by atoms with E-state index in [1.807, 2.05) is 13.8 Å².